The van der Waals surface area contributed by atoms with Crippen LogP contribution in [0.4, 0.5) is 0 Å². The minimum Gasteiger partial charge on any atom is -0.463 e. The molecule has 1 N–H and O–H groups in total. The number of carbonyl (C=O) groups is 2. The van der Waals surface area contributed by atoms with Gasteiger partial charge in [-0.25, -0.2) is 4.79 Å². The predicted octanol–water partition coefficient (Wildman–Crippen LogP) is 0.914. The third-order valence-electron chi connectivity index (χ3n) is 3.69. The van der Waals surface area contributed by atoms with Gasteiger partial charge in [-0.1, -0.05) is 19.8 Å². The number of amides is 1. The first kappa shape index (κ1) is 21.6. The van der Waals surface area contributed by atoms with Gasteiger partial charge in [-0.2, -0.15) is 8.42 Å². The minimum absolute atomic E-state index is 0.104. The van der Waals surface area contributed by atoms with Gasteiger partial charge in [0.1, 0.15) is 12.2 Å². The summed E-state index contributed by atoms with van der Waals surface area (Å²) >= 11 is 0. The Balaban J connectivity index is 3.04. The number of unbranched alkanes of at least 4 members (excludes halogenated alkanes) is 2. The number of esters is 1. The van der Waals surface area contributed by atoms with Gasteiger partial charge in [0.15, 0.2) is 0 Å². The molecule has 1 aliphatic carbocycles. The molecule has 144 valence electrons. The predicted molar refractivity (Wildman–Crippen MR) is 91.3 cm³/mol. The normalized spacial score (nSPS) is 23.6. The van der Waals surface area contributed by atoms with E-state index in [0.29, 0.717) is 18.6 Å². The second kappa shape index (κ2) is 10.5. The van der Waals surface area contributed by atoms with E-state index >= 15 is 0 Å². The Labute approximate surface area is 149 Å². The van der Waals surface area contributed by atoms with Crippen molar-refractivity contribution in [2.75, 3.05) is 19.5 Å². The van der Waals surface area contributed by atoms with E-state index in [1.807, 2.05) is 0 Å². The molecule has 25 heavy (non-hydrogen) atoms. The summed E-state index contributed by atoms with van der Waals surface area (Å²) in [6, 6.07) is -0.715. The van der Waals surface area contributed by atoms with E-state index in [2.05, 4.69) is 12.2 Å². The van der Waals surface area contributed by atoms with Gasteiger partial charge in [-0.05, 0) is 19.4 Å². The highest BCUT2D eigenvalue weighted by Gasteiger charge is 2.39. The van der Waals surface area contributed by atoms with Crippen LogP contribution in [0.5, 0.6) is 0 Å². The van der Waals surface area contributed by atoms with Crippen LogP contribution in [0.2, 0.25) is 0 Å². The van der Waals surface area contributed by atoms with E-state index in [4.69, 9.17) is 13.7 Å². The smallest absolute Gasteiger partial charge is 0.333 e. The fraction of sp³-hybridized carbons (Fsp3) is 0.750. The van der Waals surface area contributed by atoms with Gasteiger partial charge in [0, 0.05) is 18.6 Å². The van der Waals surface area contributed by atoms with Gasteiger partial charge >= 0.3 is 5.97 Å². The van der Waals surface area contributed by atoms with Crippen molar-refractivity contribution in [1.82, 2.24) is 5.32 Å². The van der Waals surface area contributed by atoms with E-state index in [1.165, 1.54) is 6.08 Å². The molecule has 0 saturated heterocycles. The summed E-state index contributed by atoms with van der Waals surface area (Å²) in [5, 5.41) is 2.52. The molecule has 0 aromatic carbocycles. The molecule has 1 amide bonds. The van der Waals surface area contributed by atoms with Crippen LogP contribution in [0.15, 0.2) is 11.6 Å². The second-order valence-electron chi connectivity index (χ2n) is 5.81. The molecule has 0 bridgehead atoms. The van der Waals surface area contributed by atoms with E-state index in [-0.39, 0.29) is 13.0 Å². The van der Waals surface area contributed by atoms with E-state index < -0.39 is 34.3 Å². The Bertz CT molecular complexity index is 573. The lowest BCUT2D eigenvalue weighted by Crippen LogP contribution is -2.51. The molecule has 1 rings (SSSR count). The highest BCUT2D eigenvalue weighted by atomic mass is 32.2. The quantitative estimate of drug-likeness (QED) is 0.247. The number of ether oxygens (including phenoxy) is 2. The Hall–Kier alpha value is -1.45. The molecular weight excluding hydrogens is 350 g/mol. The molecule has 3 atom stereocenters. The molecule has 1 aliphatic rings. The SMILES string of the molecule is CCCCCOC1C=C(C(=O)OCC)CC(NC=O)C1OS(C)(=O)=O. The zero-order valence-electron chi connectivity index (χ0n) is 14.9. The fourth-order valence-corrected chi connectivity index (χ4v) is 3.24. The van der Waals surface area contributed by atoms with Crippen LogP contribution in [0.3, 0.4) is 0 Å². The maximum absolute atomic E-state index is 12.0. The molecule has 0 heterocycles. The Kier molecular flexibility index (Phi) is 9.09. The van der Waals surface area contributed by atoms with E-state index in [1.54, 1.807) is 6.92 Å². The van der Waals surface area contributed by atoms with Crippen LogP contribution in [-0.4, -0.2) is 58.5 Å². The van der Waals surface area contributed by atoms with Crippen LogP contribution in [0, 0.1) is 0 Å². The number of hydrogen-bond acceptors (Lipinski definition) is 7. The minimum atomic E-state index is -3.77. The molecule has 0 radical (unpaired) electrons. The molecule has 0 fully saturated rings. The van der Waals surface area contributed by atoms with Crippen LogP contribution >= 0.6 is 0 Å². The van der Waals surface area contributed by atoms with Crippen molar-refractivity contribution in [1.29, 1.82) is 0 Å². The maximum atomic E-state index is 12.0. The number of hydrogen-bond donors (Lipinski definition) is 1. The summed E-state index contributed by atoms with van der Waals surface area (Å²) < 4.78 is 39.0. The summed E-state index contributed by atoms with van der Waals surface area (Å²) in [7, 11) is -3.77. The standard InChI is InChI=1S/C16H27NO7S/c1-4-6-7-8-23-14-10-12(16(19)22-5-2)9-13(17-11-18)15(14)24-25(3,20)21/h10-11,13-15H,4-9H2,1-3H3,(H,17,18). The summed E-state index contributed by atoms with van der Waals surface area (Å²) in [4.78, 5) is 22.9. The van der Waals surface area contributed by atoms with Crippen LogP contribution in [-0.2, 0) is 33.4 Å². The van der Waals surface area contributed by atoms with Crippen molar-refractivity contribution in [3.05, 3.63) is 11.6 Å². The molecule has 0 aromatic heterocycles. The average Bonchev–Trinajstić information content (AvgIpc) is 2.53. The van der Waals surface area contributed by atoms with Gasteiger partial charge in [-0.3, -0.25) is 8.98 Å². The maximum Gasteiger partial charge on any atom is 0.333 e. The van der Waals surface area contributed by atoms with Crippen molar-refractivity contribution < 1.29 is 31.7 Å². The molecule has 0 aliphatic heterocycles. The lowest BCUT2D eigenvalue weighted by Gasteiger charge is -2.35. The summed E-state index contributed by atoms with van der Waals surface area (Å²) in [6.45, 7) is 4.35. The van der Waals surface area contributed by atoms with Crippen molar-refractivity contribution >= 4 is 22.5 Å². The highest BCUT2D eigenvalue weighted by Crippen LogP contribution is 2.26. The fourth-order valence-electron chi connectivity index (χ4n) is 2.60. The highest BCUT2D eigenvalue weighted by molar-refractivity contribution is 7.86. The van der Waals surface area contributed by atoms with Crippen molar-refractivity contribution in [2.24, 2.45) is 0 Å². The monoisotopic (exact) mass is 377 g/mol. The molecular formula is C16H27NO7S. The lowest BCUT2D eigenvalue weighted by molar-refractivity contribution is -0.139. The Morgan fingerprint density at radius 3 is 2.64 bits per heavy atom. The second-order valence-corrected chi connectivity index (χ2v) is 7.42. The zero-order chi connectivity index (χ0) is 18.9. The van der Waals surface area contributed by atoms with Crippen LogP contribution < -0.4 is 5.32 Å². The third-order valence-corrected chi connectivity index (χ3v) is 4.26. The van der Waals surface area contributed by atoms with Gasteiger partial charge in [-0.15, -0.1) is 0 Å². The van der Waals surface area contributed by atoms with Crippen molar-refractivity contribution in [3.63, 3.8) is 0 Å². The van der Waals surface area contributed by atoms with E-state index in [0.717, 1.165) is 25.5 Å². The third kappa shape index (κ3) is 7.54. The summed E-state index contributed by atoms with van der Waals surface area (Å²) in [5.41, 5.74) is 0.329. The largest absolute Gasteiger partial charge is 0.463 e. The van der Waals surface area contributed by atoms with Crippen molar-refractivity contribution in [2.45, 2.75) is 57.8 Å². The van der Waals surface area contributed by atoms with Crippen LogP contribution in [0.1, 0.15) is 39.5 Å². The molecule has 8 nitrogen and oxygen atoms in total. The first-order valence-corrected chi connectivity index (χ1v) is 10.2. The Morgan fingerprint density at radius 1 is 1.36 bits per heavy atom. The number of carbonyl (C=O) groups excluding carboxylic acids is 2. The topological polar surface area (TPSA) is 108 Å². The van der Waals surface area contributed by atoms with Crippen LogP contribution in [0.25, 0.3) is 0 Å². The van der Waals surface area contributed by atoms with Gasteiger partial charge in [0.2, 0.25) is 6.41 Å². The molecule has 0 aromatic rings. The van der Waals surface area contributed by atoms with Gasteiger partial charge in [0.05, 0.1) is 18.9 Å². The number of nitrogens with one attached hydrogen (secondary N) is 1. The molecule has 0 saturated carbocycles. The summed E-state index contributed by atoms with van der Waals surface area (Å²) in [5.74, 6) is -0.514. The zero-order valence-corrected chi connectivity index (χ0v) is 15.7. The lowest BCUT2D eigenvalue weighted by atomic mass is 9.90. The first-order chi connectivity index (χ1) is 11.8. The van der Waals surface area contributed by atoms with Gasteiger partial charge in [0.25, 0.3) is 10.1 Å². The number of rotatable bonds is 11. The molecule has 3 unspecified atom stereocenters. The molecule has 0 spiro atoms. The van der Waals surface area contributed by atoms with Crippen molar-refractivity contribution in [3.8, 4) is 0 Å². The first-order valence-electron chi connectivity index (χ1n) is 8.39. The average molecular weight is 377 g/mol. The van der Waals surface area contributed by atoms with Gasteiger partial charge < -0.3 is 14.8 Å². The summed E-state index contributed by atoms with van der Waals surface area (Å²) in [6.07, 6.45) is 4.07. The molecule has 9 heteroatoms. The van der Waals surface area contributed by atoms with E-state index in [9.17, 15) is 18.0 Å². The Morgan fingerprint density at radius 2 is 2.08 bits per heavy atom.